The highest BCUT2D eigenvalue weighted by Crippen LogP contribution is 2.57. The molecule has 3 nitrogen and oxygen atoms in total. The van der Waals surface area contributed by atoms with Crippen molar-refractivity contribution in [2.45, 2.75) is 109 Å². The monoisotopic (exact) mass is 659 g/mol. The molecule has 1 fully saturated rings. The molecule has 1 spiro atoms. The van der Waals surface area contributed by atoms with Gasteiger partial charge in [0.05, 0.1) is 17.8 Å². The Kier molecular flexibility index (Phi) is 8.25. The predicted octanol–water partition coefficient (Wildman–Crippen LogP) is 9.36. The summed E-state index contributed by atoms with van der Waals surface area (Å²) in [4.78, 5) is 5.16. The van der Waals surface area contributed by atoms with Crippen molar-refractivity contribution in [2.24, 2.45) is 11.3 Å². The van der Waals surface area contributed by atoms with E-state index in [-0.39, 0.29) is 22.5 Å². The predicted molar refractivity (Wildman–Crippen MR) is 157 cm³/mol. The van der Waals surface area contributed by atoms with E-state index in [2.05, 4.69) is 76.4 Å². The lowest BCUT2D eigenvalue weighted by atomic mass is 9.70. The minimum Gasteiger partial charge on any atom is -0.410 e. The van der Waals surface area contributed by atoms with Gasteiger partial charge in [-0.1, -0.05) is 46.8 Å². The molecule has 0 amide bonds. The van der Waals surface area contributed by atoms with Crippen LogP contribution in [0.25, 0.3) is 0 Å². The first-order valence-electron chi connectivity index (χ1n) is 13.6. The third kappa shape index (κ3) is 6.03. The topological polar surface area (TPSA) is 42.4 Å². The van der Waals surface area contributed by atoms with Crippen LogP contribution < -0.4 is 0 Å². The lowest BCUT2D eigenvalue weighted by Gasteiger charge is -2.45. The van der Waals surface area contributed by atoms with E-state index >= 15 is 0 Å². The molecule has 4 rings (SSSR count). The quantitative estimate of drug-likeness (QED) is 0.257. The number of aliphatic hydroxyl groups excluding tert-OH is 1. The molecule has 1 heterocycles. The summed E-state index contributed by atoms with van der Waals surface area (Å²) in [5.41, 5.74) is 3.28. The maximum Gasteiger partial charge on any atom is 0.416 e. The number of nitrogens with zero attached hydrogens (tertiary/aromatic N) is 1. The molecule has 2 aromatic rings. The standard InChI is InChI=1S/C30H41F3INO2Si/c1-18(2)23-14-22(34)26-24(35-23)16-29(17-25(26)37-38(6,7)28(3,4)5)13-12-20(15-29)27(36)19-8-10-21(11-9-19)30(31,32)33/h8-11,14,18,20,25,27,36H,12-13,15-17H2,1-7H3/t20-,25-,27?,29-/m1/s1. The number of rotatable bonds is 5. The highest BCUT2D eigenvalue weighted by atomic mass is 127. The van der Waals surface area contributed by atoms with E-state index in [1.165, 1.54) is 21.3 Å². The average molecular weight is 660 g/mol. The van der Waals surface area contributed by atoms with E-state index in [1.807, 2.05) is 0 Å². The van der Waals surface area contributed by atoms with Gasteiger partial charge in [0.1, 0.15) is 0 Å². The second-order valence-corrected chi connectivity index (χ2v) is 19.3. The van der Waals surface area contributed by atoms with Crippen molar-refractivity contribution in [1.29, 1.82) is 0 Å². The number of aromatic nitrogens is 1. The van der Waals surface area contributed by atoms with Crippen LogP contribution in [-0.4, -0.2) is 18.4 Å². The van der Waals surface area contributed by atoms with Crippen molar-refractivity contribution in [1.82, 2.24) is 4.98 Å². The number of aliphatic hydroxyl groups is 1. The molecule has 0 radical (unpaired) electrons. The number of halogens is 4. The average Bonchev–Trinajstić information content (AvgIpc) is 3.19. The number of hydrogen-bond donors (Lipinski definition) is 1. The Balaban J connectivity index is 1.64. The molecule has 0 bridgehead atoms. The fourth-order valence-electron chi connectivity index (χ4n) is 5.93. The highest BCUT2D eigenvalue weighted by molar-refractivity contribution is 14.1. The van der Waals surface area contributed by atoms with Gasteiger partial charge in [0.2, 0.25) is 0 Å². The maximum atomic E-state index is 13.0. The molecule has 8 heteroatoms. The van der Waals surface area contributed by atoms with Crippen LogP contribution in [0.15, 0.2) is 30.3 Å². The second-order valence-electron chi connectivity index (χ2n) is 13.4. The van der Waals surface area contributed by atoms with Gasteiger partial charge in [-0.15, -0.1) is 0 Å². The molecule has 4 atom stereocenters. The normalized spacial score (nSPS) is 25.2. The van der Waals surface area contributed by atoms with E-state index in [0.29, 0.717) is 11.5 Å². The van der Waals surface area contributed by atoms with Gasteiger partial charge in [-0.3, -0.25) is 4.98 Å². The summed E-state index contributed by atoms with van der Waals surface area (Å²) in [6.07, 6.45) is -0.851. The number of pyridine rings is 1. The molecule has 1 N–H and O–H groups in total. The molecule has 1 saturated carbocycles. The van der Waals surface area contributed by atoms with E-state index in [9.17, 15) is 18.3 Å². The molecule has 1 unspecified atom stereocenters. The lowest BCUT2D eigenvalue weighted by Crippen LogP contribution is -2.44. The van der Waals surface area contributed by atoms with Crippen LogP contribution in [0.1, 0.15) is 107 Å². The van der Waals surface area contributed by atoms with Crippen LogP contribution in [-0.2, 0) is 17.0 Å². The van der Waals surface area contributed by atoms with E-state index in [4.69, 9.17) is 9.41 Å². The zero-order chi connectivity index (χ0) is 28.3. The van der Waals surface area contributed by atoms with Crippen LogP contribution in [0, 0.1) is 14.9 Å². The van der Waals surface area contributed by atoms with Crippen LogP contribution in [0.2, 0.25) is 18.1 Å². The molecular formula is C30H41F3INO2Si. The van der Waals surface area contributed by atoms with Crippen molar-refractivity contribution in [3.63, 3.8) is 0 Å². The van der Waals surface area contributed by atoms with Crippen molar-refractivity contribution in [2.75, 3.05) is 0 Å². The van der Waals surface area contributed by atoms with Gasteiger partial charge in [-0.05, 0) is 114 Å². The van der Waals surface area contributed by atoms with Crippen molar-refractivity contribution in [3.05, 3.63) is 62.0 Å². The van der Waals surface area contributed by atoms with Crippen LogP contribution in [0.3, 0.4) is 0 Å². The van der Waals surface area contributed by atoms with Crippen molar-refractivity contribution < 1.29 is 22.7 Å². The maximum absolute atomic E-state index is 13.0. The third-order valence-corrected chi connectivity index (χ3v) is 14.6. The summed E-state index contributed by atoms with van der Waals surface area (Å²) < 4.78 is 47.4. The largest absolute Gasteiger partial charge is 0.416 e. The Morgan fingerprint density at radius 3 is 2.29 bits per heavy atom. The van der Waals surface area contributed by atoms with Gasteiger partial charge in [0.25, 0.3) is 0 Å². The highest BCUT2D eigenvalue weighted by Gasteiger charge is 2.50. The summed E-state index contributed by atoms with van der Waals surface area (Å²) >= 11 is 2.45. The van der Waals surface area contributed by atoms with Gasteiger partial charge in [-0.25, -0.2) is 0 Å². The number of alkyl halides is 3. The molecule has 2 aliphatic rings. The number of benzene rings is 1. The van der Waals surface area contributed by atoms with Gasteiger partial charge in [-0.2, -0.15) is 13.2 Å². The molecule has 210 valence electrons. The first kappa shape index (κ1) is 30.0. The fourth-order valence-corrected chi connectivity index (χ4v) is 8.17. The molecule has 2 aliphatic carbocycles. The second kappa shape index (κ2) is 10.5. The Bertz CT molecular complexity index is 1160. The summed E-state index contributed by atoms with van der Waals surface area (Å²) in [5, 5.41) is 11.3. The van der Waals surface area contributed by atoms with E-state index in [0.717, 1.165) is 55.6 Å². The van der Waals surface area contributed by atoms with Crippen molar-refractivity contribution >= 4 is 30.9 Å². The third-order valence-electron chi connectivity index (χ3n) is 9.19. The number of hydrogen-bond acceptors (Lipinski definition) is 3. The van der Waals surface area contributed by atoms with Crippen LogP contribution >= 0.6 is 22.6 Å². The molecular weight excluding hydrogens is 618 g/mol. The Hall–Kier alpha value is -0.973. The molecule has 0 aliphatic heterocycles. The van der Waals surface area contributed by atoms with Gasteiger partial charge in [0, 0.05) is 20.5 Å². The zero-order valence-corrected chi connectivity index (χ0v) is 26.7. The fraction of sp³-hybridized carbons (Fsp3) is 0.633. The SMILES string of the molecule is CC(C)c1cc(I)c2c(n1)C[C@]1(CC[C@@H](C(O)c3ccc(C(F)(F)F)cc3)C1)C[C@H]2O[Si](C)(C)C(C)(C)C. The van der Waals surface area contributed by atoms with Crippen LogP contribution in [0.4, 0.5) is 13.2 Å². The van der Waals surface area contributed by atoms with E-state index in [1.54, 1.807) is 0 Å². The Morgan fingerprint density at radius 1 is 1.11 bits per heavy atom. The minimum atomic E-state index is -4.38. The zero-order valence-electron chi connectivity index (χ0n) is 23.5. The van der Waals surface area contributed by atoms with Gasteiger partial charge < -0.3 is 9.53 Å². The smallest absolute Gasteiger partial charge is 0.410 e. The first-order valence-corrected chi connectivity index (χ1v) is 17.6. The summed E-state index contributed by atoms with van der Waals surface area (Å²) in [7, 11) is -2.07. The summed E-state index contributed by atoms with van der Waals surface area (Å²) in [6.45, 7) is 15.7. The molecule has 1 aromatic heterocycles. The lowest BCUT2D eigenvalue weighted by molar-refractivity contribution is -0.137. The molecule has 1 aromatic carbocycles. The Morgan fingerprint density at radius 2 is 1.74 bits per heavy atom. The number of fused-ring (bicyclic) bond motifs is 1. The van der Waals surface area contributed by atoms with E-state index < -0.39 is 26.2 Å². The molecule has 38 heavy (non-hydrogen) atoms. The van der Waals surface area contributed by atoms with Crippen molar-refractivity contribution in [3.8, 4) is 0 Å². The summed E-state index contributed by atoms with van der Waals surface area (Å²) in [5.74, 6) is 0.318. The van der Waals surface area contributed by atoms with Gasteiger partial charge >= 0.3 is 6.18 Å². The minimum absolute atomic E-state index is 0.00541. The molecule has 0 saturated heterocycles. The first-order chi connectivity index (χ1) is 17.4. The Labute approximate surface area is 240 Å². The van der Waals surface area contributed by atoms with Gasteiger partial charge in [0.15, 0.2) is 8.32 Å². The summed E-state index contributed by atoms with van der Waals surface area (Å²) in [6, 6.07) is 7.20. The van der Waals surface area contributed by atoms with Crippen LogP contribution in [0.5, 0.6) is 0 Å².